The number of amides is 1. The lowest BCUT2D eigenvalue weighted by atomic mass is 10.1. The van der Waals surface area contributed by atoms with Gasteiger partial charge in [-0.1, -0.05) is 36.4 Å². The third-order valence-corrected chi connectivity index (χ3v) is 5.09. The molecule has 0 radical (unpaired) electrons. The van der Waals surface area contributed by atoms with Crippen LogP contribution in [0.3, 0.4) is 0 Å². The minimum Gasteiger partial charge on any atom is -0.351 e. The molecule has 0 saturated heterocycles. The molecule has 0 aliphatic heterocycles. The smallest absolute Gasteiger partial charge is 0.271 e. The molecule has 0 saturated carbocycles. The van der Waals surface area contributed by atoms with Crippen LogP contribution in [0.5, 0.6) is 0 Å². The molecule has 8 nitrogen and oxygen atoms in total. The molecular weight excluding hydrogens is 402 g/mol. The lowest BCUT2D eigenvalue weighted by molar-refractivity contribution is 0.0947. The highest BCUT2D eigenvalue weighted by molar-refractivity contribution is 5.93. The van der Waals surface area contributed by atoms with E-state index in [1.807, 2.05) is 65.4 Å². The third kappa shape index (κ3) is 4.11. The zero-order chi connectivity index (χ0) is 21.8. The standard InChI is InChI=1S/C24H21N7O/c32-24(27-11-6-13-30-14-12-25-17-30)21-16-23-28-20(18-7-2-1-3-8-18)15-22(31(23)29-21)19-9-4-5-10-26-19/h1-5,7-10,12,14-17H,6,11,13H2,(H,27,32). The molecule has 5 aromatic rings. The van der Waals surface area contributed by atoms with Gasteiger partial charge in [0.05, 0.1) is 23.4 Å². The van der Waals surface area contributed by atoms with Crippen molar-refractivity contribution >= 4 is 11.6 Å². The fourth-order valence-corrected chi connectivity index (χ4v) is 3.51. The first-order valence-corrected chi connectivity index (χ1v) is 10.4. The molecule has 0 atom stereocenters. The van der Waals surface area contributed by atoms with Crippen molar-refractivity contribution in [3.05, 3.63) is 91.3 Å². The van der Waals surface area contributed by atoms with Gasteiger partial charge in [0.25, 0.3) is 5.91 Å². The summed E-state index contributed by atoms with van der Waals surface area (Å²) in [5.41, 5.74) is 4.23. The predicted octanol–water partition coefficient (Wildman–Crippen LogP) is 3.47. The number of imidazole rings is 1. The molecule has 5 rings (SSSR count). The number of aryl methyl sites for hydroxylation is 1. The number of pyridine rings is 1. The van der Waals surface area contributed by atoms with Gasteiger partial charge >= 0.3 is 0 Å². The lowest BCUT2D eigenvalue weighted by Crippen LogP contribution is -2.25. The van der Waals surface area contributed by atoms with E-state index in [1.165, 1.54) is 0 Å². The fraction of sp³-hybridized carbons (Fsp3) is 0.125. The predicted molar refractivity (Wildman–Crippen MR) is 121 cm³/mol. The topological polar surface area (TPSA) is 90.0 Å². The molecule has 4 heterocycles. The van der Waals surface area contributed by atoms with Crippen molar-refractivity contribution in [3.8, 4) is 22.6 Å². The maximum absolute atomic E-state index is 12.7. The summed E-state index contributed by atoms with van der Waals surface area (Å²) < 4.78 is 3.65. The van der Waals surface area contributed by atoms with E-state index < -0.39 is 0 Å². The van der Waals surface area contributed by atoms with Gasteiger partial charge < -0.3 is 9.88 Å². The van der Waals surface area contributed by atoms with Gasteiger partial charge in [-0.3, -0.25) is 9.78 Å². The first-order valence-electron chi connectivity index (χ1n) is 10.4. The SMILES string of the molecule is O=C(NCCCn1ccnc1)c1cc2nc(-c3ccccc3)cc(-c3ccccn3)n2n1. The van der Waals surface area contributed by atoms with Crippen molar-refractivity contribution in [2.45, 2.75) is 13.0 Å². The Kier molecular flexibility index (Phi) is 5.40. The van der Waals surface area contributed by atoms with Crippen LogP contribution in [0, 0.1) is 0 Å². The summed E-state index contributed by atoms with van der Waals surface area (Å²) in [7, 11) is 0. The molecule has 1 amide bonds. The van der Waals surface area contributed by atoms with Crippen LogP contribution in [0.15, 0.2) is 85.6 Å². The number of carbonyl (C=O) groups excluding carboxylic acids is 1. The Labute approximate surface area is 184 Å². The lowest BCUT2D eigenvalue weighted by Gasteiger charge is -2.08. The highest BCUT2D eigenvalue weighted by Crippen LogP contribution is 2.25. The maximum Gasteiger partial charge on any atom is 0.271 e. The number of carbonyl (C=O) groups is 1. The van der Waals surface area contributed by atoms with Gasteiger partial charge in [-0.2, -0.15) is 5.10 Å². The second kappa shape index (κ2) is 8.81. The Morgan fingerprint density at radius 1 is 0.969 bits per heavy atom. The molecule has 0 aliphatic rings. The average Bonchev–Trinajstić information content (AvgIpc) is 3.52. The first-order chi connectivity index (χ1) is 15.8. The van der Waals surface area contributed by atoms with Crippen LogP contribution >= 0.6 is 0 Å². The molecule has 32 heavy (non-hydrogen) atoms. The summed E-state index contributed by atoms with van der Waals surface area (Å²) in [4.78, 5) is 26.0. The Morgan fingerprint density at radius 3 is 2.62 bits per heavy atom. The molecule has 0 fully saturated rings. The van der Waals surface area contributed by atoms with Crippen molar-refractivity contribution in [3.63, 3.8) is 0 Å². The number of rotatable bonds is 7. The van der Waals surface area contributed by atoms with Gasteiger partial charge in [0, 0.05) is 43.3 Å². The van der Waals surface area contributed by atoms with Crippen molar-refractivity contribution in [1.82, 2.24) is 34.4 Å². The van der Waals surface area contributed by atoms with E-state index in [4.69, 9.17) is 4.98 Å². The summed E-state index contributed by atoms with van der Waals surface area (Å²) in [5.74, 6) is -0.227. The van der Waals surface area contributed by atoms with Crippen LogP contribution in [-0.4, -0.2) is 41.6 Å². The minimum absolute atomic E-state index is 0.227. The van der Waals surface area contributed by atoms with Crippen molar-refractivity contribution in [2.24, 2.45) is 0 Å². The summed E-state index contributed by atoms with van der Waals surface area (Å²) in [6.07, 6.45) is 7.94. The summed E-state index contributed by atoms with van der Waals surface area (Å²) in [6, 6.07) is 19.3. The zero-order valence-corrected chi connectivity index (χ0v) is 17.3. The molecule has 158 valence electrons. The first kappa shape index (κ1) is 19.6. The van der Waals surface area contributed by atoms with Crippen molar-refractivity contribution in [2.75, 3.05) is 6.54 Å². The Morgan fingerprint density at radius 2 is 1.84 bits per heavy atom. The normalized spacial score (nSPS) is 11.0. The number of fused-ring (bicyclic) bond motifs is 1. The largest absolute Gasteiger partial charge is 0.351 e. The number of hydrogen-bond donors (Lipinski definition) is 1. The molecular formula is C24H21N7O. The Balaban J connectivity index is 1.44. The molecule has 4 aromatic heterocycles. The summed E-state index contributed by atoms with van der Waals surface area (Å²) in [6.45, 7) is 1.33. The van der Waals surface area contributed by atoms with E-state index in [1.54, 1.807) is 29.3 Å². The highest BCUT2D eigenvalue weighted by atomic mass is 16.1. The molecule has 0 unspecified atom stereocenters. The van der Waals surface area contributed by atoms with Crippen LogP contribution in [0.2, 0.25) is 0 Å². The van der Waals surface area contributed by atoms with Gasteiger partial charge in [0.2, 0.25) is 0 Å². The third-order valence-electron chi connectivity index (χ3n) is 5.09. The van der Waals surface area contributed by atoms with E-state index in [0.29, 0.717) is 17.9 Å². The van der Waals surface area contributed by atoms with Gasteiger partial charge in [-0.15, -0.1) is 0 Å². The van der Waals surface area contributed by atoms with Crippen molar-refractivity contribution in [1.29, 1.82) is 0 Å². The fourth-order valence-electron chi connectivity index (χ4n) is 3.51. The average molecular weight is 423 g/mol. The number of benzene rings is 1. The molecule has 0 aliphatic carbocycles. The van der Waals surface area contributed by atoms with E-state index in [0.717, 1.165) is 35.6 Å². The summed E-state index contributed by atoms with van der Waals surface area (Å²) >= 11 is 0. The van der Waals surface area contributed by atoms with Gasteiger partial charge in [0.15, 0.2) is 11.3 Å². The number of nitrogens with one attached hydrogen (secondary N) is 1. The van der Waals surface area contributed by atoms with Crippen LogP contribution in [0.25, 0.3) is 28.3 Å². The van der Waals surface area contributed by atoms with E-state index in [-0.39, 0.29) is 5.91 Å². The van der Waals surface area contributed by atoms with E-state index in [9.17, 15) is 4.79 Å². The maximum atomic E-state index is 12.7. The Bertz CT molecular complexity index is 1330. The molecule has 0 bridgehead atoms. The minimum atomic E-state index is -0.227. The van der Waals surface area contributed by atoms with Crippen LogP contribution < -0.4 is 5.32 Å². The molecule has 0 spiro atoms. The van der Waals surface area contributed by atoms with Crippen LogP contribution in [0.4, 0.5) is 0 Å². The number of hydrogen-bond acceptors (Lipinski definition) is 5. The van der Waals surface area contributed by atoms with Gasteiger partial charge in [-0.05, 0) is 24.6 Å². The second-order valence-corrected chi connectivity index (χ2v) is 7.32. The second-order valence-electron chi connectivity index (χ2n) is 7.32. The van der Waals surface area contributed by atoms with Gasteiger partial charge in [-0.25, -0.2) is 14.5 Å². The Hall–Kier alpha value is -4.33. The van der Waals surface area contributed by atoms with Crippen LogP contribution in [0.1, 0.15) is 16.9 Å². The number of aromatic nitrogens is 6. The molecule has 1 aromatic carbocycles. The number of nitrogens with zero attached hydrogens (tertiary/aromatic N) is 6. The van der Waals surface area contributed by atoms with E-state index >= 15 is 0 Å². The monoisotopic (exact) mass is 423 g/mol. The van der Waals surface area contributed by atoms with Gasteiger partial charge in [0.1, 0.15) is 0 Å². The molecule has 8 heteroatoms. The quantitative estimate of drug-likeness (QED) is 0.405. The zero-order valence-electron chi connectivity index (χ0n) is 17.3. The van der Waals surface area contributed by atoms with E-state index in [2.05, 4.69) is 20.4 Å². The molecule has 1 N–H and O–H groups in total. The summed E-state index contributed by atoms with van der Waals surface area (Å²) in [5, 5.41) is 7.48. The van der Waals surface area contributed by atoms with Crippen molar-refractivity contribution < 1.29 is 4.79 Å². The van der Waals surface area contributed by atoms with Crippen LogP contribution in [-0.2, 0) is 6.54 Å². The highest BCUT2D eigenvalue weighted by Gasteiger charge is 2.16.